The fraction of sp³-hybridized carbons (Fsp3) is 0.333. The van der Waals surface area contributed by atoms with Gasteiger partial charge in [0.1, 0.15) is 12.1 Å². The molecular formula is C9H10N4O3. The number of amides is 2. The van der Waals surface area contributed by atoms with E-state index in [-0.39, 0.29) is 11.7 Å². The van der Waals surface area contributed by atoms with Crippen molar-refractivity contribution in [3.63, 3.8) is 0 Å². The molecule has 1 saturated heterocycles. The first-order valence-corrected chi connectivity index (χ1v) is 4.79. The second-order valence-corrected chi connectivity index (χ2v) is 3.30. The molecule has 0 bridgehead atoms. The Labute approximate surface area is 91.1 Å². The minimum atomic E-state index is -1.14. The van der Waals surface area contributed by atoms with Gasteiger partial charge in [0.25, 0.3) is 0 Å². The summed E-state index contributed by atoms with van der Waals surface area (Å²) in [5.41, 5.74) is -0.122. The summed E-state index contributed by atoms with van der Waals surface area (Å²) in [5, 5.41) is 11.4. The number of nitrogens with one attached hydrogen (secondary N) is 1. The van der Waals surface area contributed by atoms with E-state index < -0.39 is 5.97 Å². The molecule has 0 aliphatic carbocycles. The number of carbonyl (C=O) groups is 2. The van der Waals surface area contributed by atoms with Gasteiger partial charge in [-0.05, 0) is 6.42 Å². The Balaban J connectivity index is 2.28. The molecule has 2 heterocycles. The molecule has 7 nitrogen and oxygen atoms in total. The molecule has 1 aliphatic heterocycles. The molecular weight excluding hydrogens is 212 g/mol. The van der Waals surface area contributed by atoms with Crippen LogP contribution >= 0.6 is 0 Å². The molecule has 2 amide bonds. The highest BCUT2D eigenvalue weighted by atomic mass is 16.4. The first-order chi connectivity index (χ1) is 7.68. The van der Waals surface area contributed by atoms with Gasteiger partial charge < -0.3 is 10.4 Å². The lowest BCUT2D eigenvalue weighted by atomic mass is 10.3. The van der Waals surface area contributed by atoms with Crippen molar-refractivity contribution in [3.8, 4) is 0 Å². The third kappa shape index (κ3) is 1.92. The van der Waals surface area contributed by atoms with Crippen LogP contribution in [0.5, 0.6) is 0 Å². The van der Waals surface area contributed by atoms with Crippen molar-refractivity contribution in [2.24, 2.45) is 0 Å². The van der Waals surface area contributed by atoms with Crippen molar-refractivity contribution in [3.05, 3.63) is 18.1 Å². The van der Waals surface area contributed by atoms with Gasteiger partial charge in [0.15, 0.2) is 5.69 Å². The zero-order chi connectivity index (χ0) is 11.5. The van der Waals surface area contributed by atoms with E-state index in [1.807, 2.05) is 0 Å². The molecule has 0 spiro atoms. The topological polar surface area (TPSA) is 95.4 Å². The molecule has 7 heteroatoms. The van der Waals surface area contributed by atoms with E-state index in [0.717, 1.165) is 12.7 Å². The Hall–Kier alpha value is -2.18. The Bertz CT molecular complexity index is 435. The van der Waals surface area contributed by atoms with Crippen molar-refractivity contribution >= 4 is 17.8 Å². The molecule has 0 aromatic carbocycles. The number of carboxylic acid groups (broad SMARTS) is 1. The van der Waals surface area contributed by atoms with Gasteiger partial charge in [-0.1, -0.05) is 0 Å². The SMILES string of the molecule is O=C(O)c1cc(N2CCCNC2=O)ncn1. The van der Waals surface area contributed by atoms with Crippen molar-refractivity contribution in [2.45, 2.75) is 6.42 Å². The lowest BCUT2D eigenvalue weighted by molar-refractivity contribution is 0.0690. The number of rotatable bonds is 2. The van der Waals surface area contributed by atoms with Crippen LogP contribution < -0.4 is 10.2 Å². The molecule has 1 aromatic rings. The van der Waals surface area contributed by atoms with Gasteiger partial charge in [-0.25, -0.2) is 19.6 Å². The largest absolute Gasteiger partial charge is 0.477 e. The predicted molar refractivity (Wildman–Crippen MR) is 54.4 cm³/mol. The highest BCUT2D eigenvalue weighted by Crippen LogP contribution is 2.13. The summed E-state index contributed by atoms with van der Waals surface area (Å²) >= 11 is 0. The van der Waals surface area contributed by atoms with Gasteiger partial charge in [0.05, 0.1) is 0 Å². The van der Waals surface area contributed by atoms with E-state index >= 15 is 0 Å². The molecule has 0 atom stereocenters. The van der Waals surface area contributed by atoms with Crippen LogP contribution in [0.25, 0.3) is 0 Å². The van der Waals surface area contributed by atoms with Gasteiger partial charge in [0, 0.05) is 19.2 Å². The van der Waals surface area contributed by atoms with E-state index in [1.54, 1.807) is 0 Å². The van der Waals surface area contributed by atoms with Crippen LogP contribution in [-0.4, -0.2) is 40.2 Å². The van der Waals surface area contributed by atoms with Crippen LogP contribution in [0.2, 0.25) is 0 Å². The van der Waals surface area contributed by atoms with Crippen LogP contribution in [0, 0.1) is 0 Å². The van der Waals surface area contributed by atoms with E-state index in [9.17, 15) is 9.59 Å². The maximum absolute atomic E-state index is 11.5. The number of urea groups is 1. The quantitative estimate of drug-likeness (QED) is 0.739. The summed E-state index contributed by atoms with van der Waals surface area (Å²) in [6.07, 6.45) is 1.94. The molecule has 84 valence electrons. The van der Waals surface area contributed by atoms with Crippen molar-refractivity contribution in [1.82, 2.24) is 15.3 Å². The highest BCUT2D eigenvalue weighted by molar-refractivity contribution is 5.93. The summed E-state index contributed by atoms with van der Waals surface area (Å²) in [6, 6.07) is 1.02. The van der Waals surface area contributed by atoms with Crippen LogP contribution in [0.4, 0.5) is 10.6 Å². The zero-order valence-corrected chi connectivity index (χ0v) is 8.38. The third-order valence-electron chi connectivity index (χ3n) is 2.23. The zero-order valence-electron chi connectivity index (χ0n) is 8.38. The summed E-state index contributed by atoms with van der Waals surface area (Å²) in [7, 11) is 0. The molecule has 16 heavy (non-hydrogen) atoms. The summed E-state index contributed by atoms with van der Waals surface area (Å²) in [5.74, 6) is -0.828. The predicted octanol–water partition coefficient (Wildman–Crippen LogP) is 0.0945. The van der Waals surface area contributed by atoms with Crippen LogP contribution in [0.15, 0.2) is 12.4 Å². The number of hydrogen-bond acceptors (Lipinski definition) is 4. The van der Waals surface area contributed by atoms with Gasteiger partial charge in [-0.2, -0.15) is 0 Å². The first-order valence-electron chi connectivity index (χ1n) is 4.79. The molecule has 1 fully saturated rings. The number of carboxylic acids is 1. The molecule has 2 rings (SSSR count). The normalized spacial score (nSPS) is 15.8. The lowest BCUT2D eigenvalue weighted by Crippen LogP contribution is -2.46. The molecule has 0 saturated carbocycles. The van der Waals surface area contributed by atoms with Crippen molar-refractivity contribution < 1.29 is 14.7 Å². The third-order valence-corrected chi connectivity index (χ3v) is 2.23. The average molecular weight is 222 g/mol. The Morgan fingerprint density at radius 3 is 3.00 bits per heavy atom. The number of hydrogen-bond donors (Lipinski definition) is 2. The molecule has 2 N–H and O–H groups in total. The number of aromatic nitrogens is 2. The molecule has 0 unspecified atom stereocenters. The van der Waals surface area contributed by atoms with E-state index in [1.165, 1.54) is 11.0 Å². The van der Waals surface area contributed by atoms with Crippen molar-refractivity contribution in [1.29, 1.82) is 0 Å². The summed E-state index contributed by atoms with van der Waals surface area (Å²) in [6.45, 7) is 1.16. The van der Waals surface area contributed by atoms with Crippen molar-refractivity contribution in [2.75, 3.05) is 18.0 Å². The number of aromatic carboxylic acids is 1. The van der Waals surface area contributed by atoms with Crippen LogP contribution in [0.1, 0.15) is 16.9 Å². The number of nitrogens with zero attached hydrogens (tertiary/aromatic N) is 3. The van der Waals surface area contributed by atoms with Gasteiger partial charge in [-0.15, -0.1) is 0 Å². The second kappa shape index (κ2) is 4.13. The van der Waals surface area contributed by atoms with Gasteiger partial charge in [0.2, 0.25) is 0 Å². The number of anilines is 1. The molecule has 1 aromatic heterocycles. The highest BCUT2D eigenvalue weighted by Gasteiger charge is 2.21. The fourth-order valence-electron chi connectivity index (χ4n) is 1.46. The minimum absolute atomic E-state index is 0.122. The standard InChI is InChI=1S/C9H10N4O3/c14-8(15)6-4-7(12-5-11-6)13-3-1-2-10-9(13)16/h4-5H,1-3H2,(H,10,16)(H,14,15). The van der Waals surface area contributed by atoms with Crippen LogP contribution in [-0.2, 0) is 0 Å². The van der Waals surface area contributed by atoms with Gasteiger partial charge >= 0.3 is 12.0 Å². The molecule has 0 radical (unpaired) electrons. The Morgan fingerprint density at radius 2 is 2.31 bits per heavy atom. The van der Waals surface area contributed by atoms with Crippen LogP contribution in [0.3, 0.4) is 0 Å². The summed E-state index contributed by atoms with van der Waals surface area (Å²) < 4.78 is 0. The Morgan fingerprint density at radius 1 is 1.50 bits per heavy atom. The monoisotopic (exact) mass is 222 g/mol. The lowest BCUT2D eigenvalue weighted by Gasteiger charge is -2.26. The minimum Gasteiger partial charge on any atom is -0.477 e. The average Bonchev–Trinajstić information content (AvgIpc) is 2.30. The van der Waals surface area contributed by atoms with E-state index in [4.69, 9.17) is 5.11 Å². The van der Waals surface area contributed by atoms with E-state index in [0.29, 0.717) is 18.9 Å². The van der Waals surface area contributed by atoms with Gasteiger partial charge in [-0.3, -0.25) is 4.90 Å². The van der Waals surface area contributed by atoms with E-state index in [2.05, 4.69) is 15.3 Å². The smallest absolute Gasteiger partial charge is 0.354 e. The second-order valence-electron chi connectivity index (χ2n) is 3.30. The maximum atomic E-state index is 11.5. The fourth-order valence-corrected chi connectivity index (χ4v) is 1.46. The summed E-state index contributed by atoms with van der Waals surface area (Å²) in [4.78, 5) is 31.1. The number of carbonyl (C=O) groups excluding carboxylic acids is 1. The maximum Gasteiger partial charge on any atom is 0.354 e. The molecule has 1 aliphatic rings. The Kier molecular flexibility index (Phi) is 2.67. The first kappa shape index (κ1) is 10.3.